The van der Waals surface area contributed by atoms with Gasteiger partial charge in [0.1, 0.15) is 6.04 Å². The van der Waals surface area contributed by atoms with Gasteiger partial charge >= 0.3 is 0 Å². The van der Waals surface area contributed by atoms with Crippen molar-refractivity contribution in [2.24, 2.45) is 5.73 Å². The van der Waals surface area contributed by atoms with Gasteiger partial charge in [-0.1, -0.05) is 0 Å². The second-order valence-corrected chi connectivity index (χ2v) is 8.09. The first-order valence-corrected chi connectivity index (χ1v) is 9.78. The van der Waals surface area contributed by atoms with Crippen LogP contribution in [-0.4, -0.2) is 80.9 Å². The summed E-state index contributed by atoms with van der Waals surface area (Å²) in [4.78, 5) is 25.3. The van der Waals surface area contributed by atoms with E-state index in [1.165, 1.54) is 16.4 Å². The number of carbonyl (C=O) groups excluding carboxylic acids is 2. The molecule has 1 aromatic rings. The predicted molar refractivity (Wildman–Crippen MR) is 97.0 cm³/mol. The van der Waals surface area contributed by atoms with Gasteiger partial charge in [0.25, 0.3) is 15.9 Å². The Balaban J connectivity index is 0.00000261. The first-order chi connectivity index (χ1) is 12.3. The number of hydrogen-bond donors (Lipinski definition) is 2. The number of ether oxygens (including phenoxy) is 1. The van der Waals surface area contributed by atoms with Crippen molar-refractivity contribution in [2.45, 2.75) is 24.2 Å². The fourth-order valence-electron chi connectivity index (χ4n) is 3.07. The SMILES string of the molecule is C[C@H]1OCCN[C@@H]1C(=O)N1CCN(S(=O)(=O)c2ccc(C(N)=O)o2)CC1.Cl. The molecule has 0 radical (unpaired) electrons. The van der Waals surface area contributed by atoms with E-state index in [0.29, 0.717) is 13.2 Å². The highest BCUT2D eigenvalue weighted by Crippen LogP contribution is 2.20. The maximum absolute atomic E-state index is 12.6. The minimum Gasteiger partial charge on any atom is -0.438 e. The molecule has 0 saturated carbocycles. The van der Waals surface area contributed by atoms with Crippen LogP contribution >= 0.6 is 12.4 Å². The van der Waals surface area contributed by atoms with E-state index in [1.54, 1.807) is 4.90 Å². The lowest BCUT2D eigenvalue weighted by atomic mass is 10.1. The van der Waals surface area contributed by atoms with Crippen molar-refractivity contribution in [2.75, 3.05) is 39.3 Å². The fraction of sp³-hybridized carbons (Fsp3) is 0.600. The Hall–Kier alpha value is -1.66. The van der Waals surface area contributed by atoms with Gasteiger partial charge in [0, 0.05) is 32.7 Å². The Morgan fingerprint density at radius 1 is 1.22 bits per heavy atom. The van der Waals surface area contributed by atoms with Crippen LogP contribution in [0.1, 0.15) is 17.5 Å². The van der Waals surface area contributed by atoms with Gasteiger partial charge in [0.05, 0.1) is 12.7 Å². The van der Waals surface area contributed by atoms with E-state index in [1.807, 2.05) is 6.92 Å². The molecule has 2 saturated heterocycles. The summed E-state index contributed by atoms with van der Waals surface area (Å²) >= 11 is 0. The first-order valence-electron chi connectivity index (χ1n) is 8.34. The number of morpholine rings is 1. The quantitative estimate of drug-likeness (QED) is 0.635. The van der Waals surface area contributed by atoms with Gasteiger partial charge in [0.2, 0.25) is 11.0 Å². The van der Waals surface area contributed by atoms with Crippen molar-refractivity contribution in [1.82, 2.24) is 14.5 Å². The minimum atomic E-state index is -3.88. The van der Waals surface area contributed by atoms with E-state index in [9.17, 15) is 18.0 Å². The molecule has 0 aromatic carbocycles. The molecule has 0 bridgehead atoms. The maximum Gasteiger partial charge on any atom is 0.284 e. The average molecular weight is 423 g/mol. The Kier molecular flexibility index (Phi) is 6.87. The van der Waals surface area contributed by atoms with Crippen molar-refractivity contribution >= 4 is 34.2 Å². The normalized spacial score (nSPS) is 24.3. The number of halogens is 1. The van der Waals surface area contributed by atoms with Crippen LogP contribution in [0.25, 0.3) is 0 Å². The van der Waals surface area contributed by atoms with Crippen LogP contribution in [0.4, 0.5) is 0 Å². The minimum absolute atomic E-state index is 0. The number of carbonyl (C=O) groups is 2. The first kappa shape index (κ1) is 21.6. The number of nitrogens with two attached hydrogens (primary N) is 1. The third-order valence-corrected chi connectivity index (χ3v) is 6.32. The summed E-state index contributed by atoms with van der Waals surface area (Å²) in [5, 5.41) is 2.81. The van der Waals surface area contributed by atoms with Crippen LogP contribution in [0.5, 0.6) is 0 Å². The van der Waals surface area contributed by atoms with Crippen molar-refractivity contribution in [1.29, 1.82) is 0 Å². The van der Waals surface area contributed by atoms with E-state index < -0.39 is 22.0 Å². The van der Waals surface area contributed by atoms with Gasteiger partial charge in [-0.3, -0.25) is 9.59 Å². The third kappa shape index (κ3) is 4.43. The molecule has 10 nitrogen and oxygen atoms in total. The smallest absolute Gasteiger partial charge is 0.284 e. The number of amides is 2. The van der Waals surface area contributed by atoms with Crippen molar-refractivity contribution in [3.05, 3.63) is 17.9 Å². The number of piperazine rings is 1. The van der Waals surface area contributed by atoms with Gasteiger partial charge in [-0.25, -0.2) is 8.42 Å². The third-order valence-electron chi connectivity index (χ3n) is 4.55. The predicted octanol–water partition coefficient (Wildman–Crippen LogP) is -0.990. The summed E-state index contributed by atoms with van der Waals surface area (Å²) in [6.07, 6.45) is -0.228. The van der Waals surface area contributed by atoms with Crippen LogP contribution in [0, 0.1) is 0 Å². The molecule has 27 heavy (non-hydrogen) atoms. The highest BCUT2D eigenvalue weighted by molar-refractivity contribution is 7.89. The zero-order valence-electron chi connectivity index (χ0n) is 14.8. The van der Waals surface area contributed by atoms with Gasteiger partial charge < -0.3 is 25.1 Å². The monoisotopic (exact) mass is 422 g/mol. The number of sulfonamides is 1. The molecule has 0 aliphatic carbocycles. The summed E-state index contributed by atoms with van der Waals surface area (Å²) in [6.45, 7) is 3.83. The lowest BCUT2D eigenvalue weighted by Crippen LogP contribution is -2.60. The molecule has 1 aromatic heterocycles. The molecule has 2 atom stereocenters. The summed E-state index contributed by atoms with van der Waals surface area (Å²) in [6, 6.07) is 2.01. The molecule has 3 rings (SSSR count). The van der Waals surface area contributed by atoms with Crippen molar-refractivity contribution in [3.8, 4) is 0 Å². The molecule has 12 heteroatoms. The van der Waals surface area contributed by atoms with Crippen molar-refractivity contribution in [3.63, 3.8) is 0 Å². The maximum atomic E-state index is 12.6. The zero-order valence-corrected chi connectivity index (χ0v) is 16.4. The van der Waals surface area contributed by atoms with E-state index >= 15 is 0 Å². The van der Waals surface area contributed by atoms with Gasteiger partial charge in [-0.15, -0.1) is 12.4 Å². The highest BCUT2D eigenvalue weighted by Gasteiger charge is 2.36. The summed E-state index contributed by atoms with van der Waals surface area (Å²) < 4.78 is 37.0. The number of furan rings is 1. The molecule has 2 fully saturated rings. The Morgan fingerprint density at radius 3 is 2.44 bits per heavy atom. The largest absolute Gasteiger partial charge is 0.438 e. The Bertz CT molecular complexity index is 790. The standard InChI is InChI=1S/C15H22N4O6S.ClH/c1-10-13(17-4-9-24-10)15(21)18-5-7-19(8-6-18)26(22,23)12-3-2-11(25-12)14(16)20;/h2-3,10,13,17H,4-9H2,1H3,(H2,16,20);1H/t10-,13+;/m1./s1. The van der Waals surface area contributed by atoms with E-state index in [-0.39, 0.29) is 61.4 Å². The highest BCUT2D eigenvalue weighted by atomic mass is 35.5. The molecule has 2 amide bonds. The molecule has 3 heterocycles. The average Bonchev–Trinajstić information content (AvgIpc) is 3.13. The lowest BCUT2D eigenvalue weighted by Gasteiger charge is -2.38. The number of rotatable bonds is 4. The molecule has 152 valence electrons. The van der Waals surface area contributed by atoms with Crippen LogP contribution in [0.3, 0.4) is 0 Å². The van der Waals surface area contributed by atoms with Crippen LogP contribution in [0.2, 0.25) is 0 Å². The van der Waals surface area contributed by atoms with E-state index in [4.69, 9.17) is 14.9 Å². The van der Waals surface area contributed by atoms with Crippen molar-refractivity contribution < 1.29 is 27.2 Å². The van der Waals surface area contributed by atoms with E-state index in [0.717, 1.165) is 0 Å². The summed E-state index contributed by atoms with van der Waals surface area (Å²) in [7, 11) is -3.88. The number of nitrogens with zero attached hydrogens (tertiary/aromatic N) is 2. The zero-order chi connectivity index (χ0) is 18.9. The molecular formula is C15H23ClN4O6S. The van der Waals surface area contributed by atoms with Gasteiger partial charge in [-0.05, 0) is 19.1 Å². The Morgan fingerprint density at radius 2 is 1.89 bits per heavy atom. The lowest BCUT2D eigenvalue weighted by molar-refractivity contribution is -0.140. The van der Waals surface area contributed by atoms with E-state index in [2.05, 4.69) is 5.32 Å². The molecule has 2 aliphatic heterocycles. The number of nitrogens with one attached hydrogen (secondary N) is 1. The Labute approximate surface area is 163 Å². The second-order valence-electron chi connectivity index (χ2n) is 6.22. The summed E-state index contributed by atoms with van der Waals surface area (Å²) in [5.41, 5.74) is 5.08. The second kappa shape index (κ2) is 8.57. The van der Waals surface area contributed by atoms with Crippen LogP contribution in [-0.2, 0) is 19.6 Å². The van der Waals surface area contributed by atoms with Gasteiger partial charge in [-0.2, -0.15) is 4.31 Å². The summed E-state index contributed by atoms with van der Waals surface area (Å²) in [5.74, 6) is -1.14. The van der Waals surface area contributed by atoms with Gasteiger partial charge in [0.15, 0.2) is 5.76 Å². The molecule has 0 unspecified atom stereocenters. The number of primary amides is 1. The fourth-order valence-corrected chi connectivity index (χ4v) is 4.41. The number of hydrogen-bond acceptors (Lipinski definition) is 7. The topological polar surface area (TPSA) is 135 Å². The molecule has 3 N–H and O–H groups in total. The molecule has 2 aliphatic rings. The molecular weight excluding hydrogens is 400 g/mol. The molecule has 0 spiro atoms. The van der Waals surface area contributed by atoms with Crippen LogP contribution < -0.4 is 11.1 Å². The van der Waals surface area contributed by atoms with Crippen LogP contribution in [0.15, 0.2) is 21.6 Å².